The lowest BCUT2D eigenvalue weighted by atomic mass is 9.99. The Morgan fingerprint density at radius 3 is 2.62 bits per heavy atom. The molecule has 0 spiro atoms. The molecule has 2 aliphatic rings. The summed E-state index contributed by atoms with van der Waals surface area (Å²) in [6.07, 6.45) is 4.16. The summed E-state index contributed by atoms with van der Waals surface area (Å²) in [5, 5.41) is 8.94. The number of nitrogens with zero attached hydrogens (tertiary/aromatic N) is 1. The molecule has 4 aromatic rings. The van der Waals surface area contributed by atoms with Crippen LogP contribution in [0.2, 0.25) is 0 Å². The van der Waals surface area contributed by atoms with Gasteiger partial charge in [-0.1, -0.05) is 6.07 Å². The molecule has 234 valence electrons. The molecule has 0 atom stereocenters. The second-order valence-electron chi connectivity index (χ2n) is 10.7. The Kier molecular flexibility index (Phi) is 9.11. The molecule has 0 unspecified atom stereocenters. The molecule has 1 saturated heterocycles. The number of carbonyl (C=O) groups is 2. The monoisotopic (exact) mass is 616 g/mol. The number of halogens is 1. The Morgan fingerprint density at radius 2 is 1.80 bits per heavy atom. The van der Waals surface area contributed by atoms with E-state index < -0.39 is 17.6 Å². The van der Waals surface area contributed by atoms with Crippen molar-refractivity contribution in [3.8, 4) is 34.5 Å². The van der Waals surface area contributed by atoms with Crippen LogP contribution in [0.4, 0.5) is 10.1 Å². The molecule has 2 amide bonds. The average molecular weight is 617 g/mol. The van der Waals surface area contributed by atoms with Crippen molar-refractivity contribution in [2.24, 2.45) is 5.92 Å². The second-order valence-corrected chi connectivity index (χ2v) is 10.7. The number of piperidine rings is 1. The minimum absolute atomic E-state index is 0.0705. The van der Waals surface area contributed by atoms with Crippen molar-refractivity contribution in [2.45, 2.75) is 19.3 Å². The van der Waals surface area contributed by atoms with Crippen molar-refractivity contribution in [1.29, 1.82) is 0 Å². The predicted molar refractivity (Wildman–Crippen MR) is 164 cm³/mol. The molecule has 0 radical (unpaired) electrons. The molecule has 2 aliphatic heterocycles. The van der Waals surface area contributed by atoms with Crippen molar-refractivity contribution in [3.05, 3.63) is 72.2 Å². The smallest absolute Gasteiger partial charge is 0.313 e. The van der Waals surface area contributed by atoms with Crippen LogP contribution in [0.5, 0.6) is 34.5 Å². The molecule has 1 aromatic heterocycles. The average Bonchev–Trinajstić information content (AvgIpc) is 3.53. The fraction of sp³-hybridized carbons (Fsp3) is 0.303. The Bertz CT molecular complexity index is 1710. The molecule has 0 aliphatic carbocycles. The summed E-state index contributed by atoms with van der Waals surface area (Å²) in [5.74, 6) is 0.680. The number of fused-ring (bicyclic) bond motifs is 2. The molecule has 0 bridgehead atoms. The molecular weight excluding hydrogens is 583 g/mol. The lowest BCUT2D eigenvalue weighted by Crippen LogP contribution is -2.36. The summed E-state index contributed by atoms with van der Waals surface area (Å²) in [5.41, 5.74) is 1.62. The standard InChI is InChI=1S/C33H33FN4O7/c1-41-29-16-23-25(17-31(29)42-18-21-6-10-35-11-7-21)36-13-9-26(23)45-27-5-3-22(15-24(27)34)38-33(40)32(39)37-12-8-20-2-4-28-30(14-20)44-19-43-28/h2-5,9,13-17,21,35H,6-8,10-12,18-19H2,1H3,(H,37,39)(H,38,40). The van der Waals surface area contributed by atoms with E-state index >= 15 is 4.39 Å². The number of methoxy groups -OCH3 is 1. The maximum absolute atomic E-state index is 15.1. The largest absolute Gasteiger partial charge is 0.493 e. The number of carbonyl (C=O) groups excluding carboxylic acids is 2. The summed E-state index contributed by atoms with van der Waals surface area (Å²) in [6.45, 7) is 2.94. The number of ether oxygens (including phenoxy) is 5. The molecular formula is C33H33FN4O7. The highest BCUT2D eigenvalue weighted by molar-refractivity contribution is 6.39. The molecule has 0 saturated carbocycles. The van der Waals surface area contributed by atoms with Crippen LogP contribution < -0.4 is 39.6 Å². The number of hydrogen-bond acceptors (Lipinski definition) is 9. The molecule has 3 N–H and O–H groups in total. The van der Waals surface area contributed by atoms with Gasteiger partial charge in [0.2, 0.25) is 6.79 Å². The number of nitrogens with one attached hydrogen (secondary N) is 3. The third-order valence-electron chi connectivity index (χ3n) is 7.67. The zero-order valence-corrected chi connectivity index (χ0v) is 24.7. The van der Waals surface area contributed by atoms with E-state index in [4.69, 9.17) is 23.7 Å². The van der Waals surface area contributed by atoms with Crippen LogP contribution in [-0.2, 0) is 16.0 Å². The number of pyridine rings is 1. The van der Waals surface area contributed by atoms with E-state index in [9.17, 15) is 9.59 Å². The van der Waals surface area contributed by atoms with Crippen LogP contribution in [0.3, 0.4) is 0 Å². The lowest BCUT2D eigenvalue weighted by Gasteiger charge is -2.23. The molecule has 12 heteroatoms. The zero-order chi connectivity index (χ0) is 31.2. The van der Waals surface area contributed by atoms with Gasteiger partial charge >= 0.3 is 11.8 Å². The van der Waals surface area contributed by atoms with E-state index in [-0.39, 0.29) is 24.8 Å². The normalized spacial score (nSPS) is 14.2. The Morgan fingerprint density at radius 1 is 0.956 bits per heavy atom. The van der Waals surface area contributed by atoms with E-state index in [1.54, 1.807) is 37.6 Å². The van der Waals surface area contributed by atoms with Gasteiger partial charge in [0.1, 0.15) is 5.75 Å². The summed E-state index contributed by atoms with van der Waals surface area (Å²) >= 11 is 0. The number of aromatic nitrogens is 1. The number of rotatable bonds is 10. The second kappa shape index (κ2) is 13.7. The molecule has 1 fully saturated rings. The minimum atomic E-state index is -0.917. The van der Waals surface area contributed by atoms with Gasteiger partial charge in [-0.2, -0.15) is 0 Å². The third-order valence-corrected chi connectivity index (χ3v) is 7.67. The zero-order valence-electron chi connectivity index (χ0n) is 24.7. The van der Waals surface area contributed by atoms with Gasteiger partial charge in [0.25, 0.3) is 0 Å². The number of anilines is 1. The van der Waals surface area contributed by atoms with Crippen LogP contribution in [0, 0.1) is 11.7 Å². The van der Waals surface area contributed by atoms with Crippen LogP contribution in [0.25, 0.3) is 10.9 Å². The van der Waals surface area contributed by atoms with Crippen LogP contribution >= 0.6 is 0 Å². The molecule has 6 rings (SSSR count). The SMILES string of the molecule is COc1cc2c(Oc3ccc(NC(=O)C(=O)NCCc4ccc5c(c4)OCO5)cc3F)ccnc2cc1OCC1CCNCC1. The first-order chi connectivity index (χ1) is 22.0. The van der Waals surface area contributed by atoms with Gasteiger partial charge in [0.15, 0.2) is 34.6 Å². The van der Waals surface area contributed by atoms with Gasteiger partial charge in [0, 0.05) is 35.9 Å². The van der Waals surface area contributed by atoms with E-state index in [1.807, 2.05) is 12.1 Å². The molecule has 11 nitrogen and oxygen atoms in total. The van der Waals surface area contributed by atoms with Crippen molar-refractivity contribution >= 4 is 28.4 Å². The van der Waals surface area contributed by atoms with Crippen molar-refractivity contribution in [2.75, 3.05) is 45.5 Å². The van der Waals surface area contributed by atoms with Crippen molar-refractivity contribution in [1.82, 2.24) is 15.6 Å². The fourth-order valence-corrected chi connectivity index (χ4v) is 5.21. The summed E-state index contributed by atoms with van der Waals surface area (Å²) in [6, 6.07) is 14.6. The summed E-state index contributed by atoms with van der Waals surface area (Å²) in [7, 11) is 1.56. The van der Waals surface area contributed by atoms with Gasteiger partial charge < -0.3 is 39.6 Å². The maximum Gasteiger partial charge on any atom is 0.313 e. The van der Waals surface area contributed by atoms with E-state index in [0.29, 0.717) is 58.6 Å². The Labute approximate surface area is 259 Å². The van der Waals surface area contributed by atoms with Crippen molar-refractivity contribution < 1.29 is 37.7 Å². The predicted octanol–water partition coefficient (Wildman–Crippen LogP) is 4.58. The Hall–Kier alpha value is -5.10. The van der Waals surface area contributed by atoms with Gasteiger partial charge in [-0.25, -0.2) is 4.39 Å². The van der Waals surface area contributed by atoms with E-state index in [1.165, 1.54) is 12.1 Å². The first kappa shape index (κ1) is 29.9. The number of benzene rings is 3. The van der Waals surface area contributed by atoms with Gasteiger partial charge in [0.05, 0.1) is 19.2 Å². The highest BCUT2D eigenvalue weighted by Gasteiger charge is 2.19. The number of amides is 2. The highest BCUT2D eigenvalue weighted by Crippen LogP contribution is 2.38. The van der Waals surface area contributed by atoms with Crippen molar-refractivity contribution in [3.63, 3.8) is 0 Å². The maximum atomic E-state index is 15.1. The summed E-state index contributed by atoms with van der Waals surface area (Å²) in [4.78, 5) is 29.2. The first-order valence-electron chi connectivity index (χ1n) is 14.7. The van der Waals surface area contributed by atoms with Gasteiger partial charge in [-0.3, -0.25) is 14.6 Å². The van der Waals surface area contributed by atoms with E-state index in [0.717, 1.165) is 37.6 Å². The summed E-state index contributed by atoms with van der Waals surface area (Å²) < 4.78 is 43.3. The quantitative estimate of drug-likeness (QED) is 0.219. The third kappa shape index (κ3) is 7.18. The fourth-order valence-electron chi connectivity index (χ4n) is 5.21. The van der Waals surface area contributed by atoms with Gasteiger partial charge in [-0.05, 0) is 80.2 Å². The molecule has 3 heterocycles. The van der Waals surface area contributed by atoms with Crippen LogP contribution in [0.15, 0.2) is 60.8 Å². The van der Waals surface area contributed by atoms with Crippen LogP contribution in [0.1, 0.15) is 18.4 Å². The first-order valence-corrected chi connectivity index (χ1v) is 14.7. The Balaban J connectivity index is 1.06. The molecule has 3 aromatic carbocycles. The van der Waals surface area contributed by atoms with Crippen LogP contribution in [-0.4, -0.2) is 56.9 Å². The lowest BCUT2D eigenvalue weighted by molar-refractivity contribution is -0.136. The topological polar surface area (TPSA) is 129 Å². The molecule has 45 heavy (non-hydrogen) atoms. The minimum Gasteiger partial charge on any atom is -0.493 e. The highest BCUT2D eigenvalue weighted by atomic mass is 19.1. The number of hydrogen-bond donors (Lipinski definition) is 3. The van der Waals surface area contributed by atoms with Gasteiger partial charge in [-0.15, -0.1) is 0 Å². The van der Waals surface area contributed by atoms with E-state index in [2.05, 4.69) is 20.9 Å².